The molecule has 1 aliphatic heterocycles. The van der Waals surface area contributed by atoms with E-state index in [1.807, 2.05) is 0 Å². The molecule has 60 valence electrons. The molecule has 0 spiro atoms. The fourth-order valence-corrected chi connectivity index (χ4v) is 1.68. The molecule has 10 heavy (non-hydrogen) atoms. The predicted octanol–water partition coefficient (Wildman–Crippen LogP) is 1.40. The van der Waals surface area contributed by atoms with E-state index in [1.165, 1.54) is 0 Å². The predicted molar refractivity (Wildman–Crippen MR) is 41.0 cm³/mol. The molecule has 1 heterocycles. The van der Waals surface area contributed by atoms with Gasteiger partial charge in [0.2, 0.25) is 10.1 Å². The Morgan fingerprint density at radius 1 is 1.60 bits per heavy atom. The summed E-state index contributed by atoms with van der Waals surface area (Å²) in [4.78, 5) is 0. The van der Waals surface area contributed by atoms with Gasteiger partial charge in [0, 0.05) is 6.42 Å². The highest BCUT2D eigenvalue weighted by Crippen LogP contribution is 2.17. The smallest absolute Gasteiger partial charge is 0.234 e. The van der Waals surface area contributed by atoms with E-state index in [0.29, 0.717) is 11.5 Å². The van der Waals surface area contributed by atoms with Crippen LogP contribution < -0.4 is 0 Å². The third-order valence-electron chi connectivity index (χ3n) is 1.45. The van der Waals surface area contributed by atoms with Crippen molar-refractivity contribution >= 4 is 15.1 Å². The number of hydrogen-bond acceptors (Lipinski definition) is 2. The summed E-state index contributed by atoms with van der Waals surface area (Å²) in [6.45, 7) is 2.09. The van der Waals surface area contributed by atoms with Crippen molar-refractivity contribution in [1.29, 1.82) is 0 Å². The van der Waals surface area contributed by atoms with Gasteiger partial charge in [-0.2, -0.15) is 0 Å². The van der Waals surface area contributed by atoms with Crippen LogP contribution in [0.2, 0.25) is 0 Å². The largest absolute Gasteiger partial charge is 0.291 e. The summed E-state index contributed by atoms with van der Waals surface area (Å²) in [6.07, 6.45) is 3.84. The Bertz CT molecular complexity index is 225. The van der Waals surface area contributed by atoms with Crippen LogP contribution in [0.25, 0.3) is 0 Å². The second-order valence-corrected chi connectivity index (χ2v) is 3.96. The van der Waals surface area contributed by atoms with E-state index in [1.54, 1.807) is 0 Å². The first-order chi connectivity index (χ1) is 4.67. The normalized spacial score (nSPS) is 30.8. The molecule has 0 aromatic heterocycles. The van der Waals surface area contributed by atoms with Crippen LogP contribution >= 0.6 is 0 Å². The summed E-state index contributed by atoms with van der Waals surface area (Å²) in [7, 11) is -2.87. The molecule has 1 aliphatic rings. The van der Waals surface area contributed by atoms with Crippen LogP contribution in [-0.2, 0) is 14.3 Å². The lowest BCUT2D eigenvalue weighted by Gasteiger charge is -1.87. The van der Waals surface area contributed by atoms with Gasteiger partial charge in [0.05, 0.1) is 0 Å². The van der Waals surface area contributed by atoms with Gasteiger partial charge in [-0.3, -0.25) is 4.55 Å². The second kappa shape index (κ2) is 2.90. The fourth-order valence-electron chi connectivity index (χ4n) is 0.799. The van der Waals surface area contributed by atoms with Crippen LogP contribution in [0.15, 0.2) is 0 Å². The molecule has 0 aliphatic carbocycles. The Balaban J connectivity index is 2.18. The van der Waals surface area contributed by atoms with Gasteiger partial charge in [-0.15, -0.1) is 0 Å². The van der Waals surface area contributed by atoms with Gasteiger partial charge in [0.1, 0.15) is 0 Å². The second-order valence-electron chi connectivity index (χ2n) is 2.39. The first-order valence-corrected chi connectivity index (χ1v) is 4.92. The molecule has 0 bridgehead atoms. The Labute approximate surface area is 61.4 Å². The summed E-state index contributed by atoms with van der Waals surface area (Å²) < 4.78 is 23.6. The SMILES string of the molecule is CCCCCC1=S(=O)(O)O1. The van der Waals surface area contributed by atoms with E-state index in [4.69, 9.17) is 4.55 Å². The van der Waals surface area contributed by atoms with E-state index >= 15 is 0 Å². The zero-order valence-corrected chi connectivity index (χ0v) is 6.82. The van der Waals surface area contributed by atoms with Crippen LogP contribution in [0, 0.1) is 0 Å². The van der Waals surface area contributed by atoms with E-state index < -0.39 is 10.1 Å². The van der Waals surface area contributed by atoms with Crippen LogP contribution in [-0.4, -0.2) is 13.8 Å². The van der Waals surface area contributed by atoms with Gasteiger partial charge in [-0.25, -0.2) is 8.39 Å². The summed E-state index contributed by atoms with van der Waals surface area (Å²) >= 11 is 0. The molecule has 4 heteroatoms. The van der Waals surface area contributed by atoms with E-state index in [0.717, 1.165) is 19.3 Å². The Morgan fingerprint density at radius 2 is 2.20 bits per heavy atom. The molecule has 0 saturated heterocycles. The topological polar surface area (TPSA) is 49.8 Å². The van der Waals surface area contributed by atoms with Crippen molar-refractivity contribution < 1.29 is 12.9 Å². The van der Waals surface area contributed by atoms with Crippen molar-refractivity contribution in [3.8, 4) is 0 Å². The minimum Gasteiger partial charge on any atom is -0.291 e. The molecule has 0 amide bonds. The molecule has 1 unspecified atom stereocenters. The lowest BCUT2D eigenvalue weighted by Crippen LogP contribution is -1.82. The van der Waals surface area contributed by atoms with Gasteiger partial charge in [0.25, 0.3) is 0 Å². The summed E-state index contributed by atoms with van der Waals surface area (Å²) in [5.41, 5.74) is 0. The lowest BCUT2D eigenvalue weighted by atomic mass is 10.2. The van der Waals surface area contributed by atoms with Crippen molar-refractivity contribution in [2.45, 2.75) is 32.6 Å². The molecule has 1 N–H and O–H groups in total. The highest BCUT2D eigenvalue weighted by Gasteiger charge is 2.29. The van der Waals surface area contributed by atoms with E-state index in [-0.39, 0.29) is 0 Å². The summed E-state index contributed by atoms with van der Waals surface area (Å²) in [5, 5.41) is 0.390. The lowest BCUT2D eigenvalue weighted by molar-refractivity contribution is 0.491. The van der Waals surface area contributed by atoms with Crippen molar-refractivity contribution in [3.63, 3.8) is 0 Å². The minimum atomic E-state index is -2.87. The Morgan fingerprint density at radius 3 is 2.60 bits per heavy atom. The van der Waals surface area contributed by atoms with Gasteiger partial charge in [-0.05, 0) is 6.42 Å². The monoisotopic (exact) mass is 164 g/mol. The zero-order chi connectivity index (χ0) is 7.61. The summed E-state index contributed by atoms with van der Waals surface area (Å²) in [6, 6.07) is 0. The maximum absolute atomic E-state index is 10.5. The molecule has 1 atom stereocenters. The van der Waals surface area contributed by atoms with Gasteiger partial charge in [0.15, 0.2) is 5.05 Å². The van der Waals surface area contributed by atoms with Crippen molar-refractivity contribution in [2.24, 2.45) is 0 Å². The molecule has 1 rings (SSSR count). The van der Waals surface area contributed by atoms with Crippen LogP contribution in [0.4, 0.5) is 0 Å². The average Bonchev–Trinajstić information content (AvgIpc) is 2.41. The van der Waals surface area contributed by atoms with Crippen LogP contribution in [0.1, 0.15) is 32.6 Å². The number of hydrogen-bond donors (Lipinski definition) is 1. The molecule has 0 aromatic rings. The fraction of sp³-hybridized carbons (Fsp3) is 0.833. The summed E-state index contributed by atoms with van der Waals surface area (Å²) in [5.74, 6) is 0. The number of rotatable bonds is 4. The average molecular weight is 164 g/mol. The zero-order valence-electron chi connectivity index (χ0n) is 6.00. The first kappa shape index (κ1) is 8.04. The van der Waals surface area contributed by atoms with E-state index in [2.05, 4.69) is 11.1 Å². The van der Waals surface area contributed by atoms with Crippen molar-refractivity contribution in [3.05, 3.63) is 0 Å². The number of unbranched alkanes of at least 4 members (excludes halogenated alkanes) is 2. The highest BCUT2D eigenvalue weighted by atomic mass is 32.3. The molecule has 3 nitrogen and oxygen atoms in total. The van der Waals surface area contributed by atoms with Crippen LogP contribution in [0.5, 0.6) is 0 Å². The maximum atomic E-state index is 10.5. The molecule has 0 radical (unpaired) electrons. The molecular weight excluding hydrogens is 152 g/mol. The highest BCUT2D eigenvalue weighted by molar-refractivity contribution is 7.99. The van der Waals surface area contributed by atoms with Crippen LogP contribution in [0.3, 0.4) is 0 Å². The van der Waals surface area contributed by atoms with Crippen molar-refractivity contribution in [2.75, 3.05) is 0 Å². The molecule has 0 fully saturated rings. The molecular formula is C6H12O3S. The quantitative estimate of drug-likeness (QED) is 0.504. The van der Waals surface area contributed by atoms with E-state index in [9.17, 15) is 4.21 Å². The minimum absolute atomic E-state index is 0.390. The molecule has 0 aromatic carbocycles. The van der Waals surface area contributed by atoms with Gasteiger partial charge in [-0.1, -0.05) is 19.8 Å². The third-order valence-corrected chi connectivity index (χ3v) is 2.59. The molecule has 0 saturated carbocycles. The Kier molecular flexibility index (Phi) is 2.33. The Hall–Kier alpha value is -0.0600. The van der Waals surface area contributed by atoms with Crippen molar-refractivity contribution in [1.82, 2.24) is 0 Å². The standard InChI is InChI=1S/C6H12O3S/c1-2-3-4-5-6-9-10(6,7)8/h2-5H2,1H3,(H,7,8). The van der Waals surface area contributed by atoms with Gasteiger partial charge < -0.3 is 0 Å². The van der Waals surface area contributed by atoms with Gasteiger partial charge >= 0.3 is 0 Å². The maximum Gasteiger partial charge on any atom is 0.234 e. The first-order valence-electron chi connectivity index (χ1n) is 3.48. The third kappa shape index (κ3) is 1.97.